The zero-order chi connectivity index (χ0) is 11.4. The molecule has 2 unspecified atom stereocenters. The normalized spacial score (nSPS) is 25.1. The summed E-state index contributed by atoms with van der Waals surface area (Å²) < 4.78 is 10.4. The van der Waals surface area contributed by atoms with Crippen molar-refractivity contribution < 1.29 is 14.4 Å². The van der Waals surface area contributed by atoms with Gasteiger partial charge in [0.25, 0.3) is 0 Å². The highest BCUT2D eigenvalue weighted by molar-refractivity contribution is 4.96. The first-order valence-corrected chi connectivity index (χ1v) is 5.61. The summed E-state index contributed by atoms with van der Waals surface area (Å²) in [6.45, 7) is 3.71. The molecule has 1 aromatic heterocycles. The zero-order valence-electron chi connectivity index (χ0n) is 9.35. The molecule has 0 saturated carbocycles. The smallest absolute Gasteiger partial charge is 0.243 e. The number of aliphatic hydroxyl groups excluding tert-OH is 1. The first-order valence-electron chi connectivity index (χ1n) is 5.61. The summed E-state index contributed by atoms with van der Waals surface area (Å²) in [5.41, 5.74) is 0. The second-order valence-corrected chi connectivity index (χ2v) is 3.95. The van der Waals surface area contributed by atoms with E-state index in [-0.39, 0.29) is 12.1 Å². The molecule has 1 aliphatic rings. The number of hydrogen-bond donors (Lipinski definition) is 2. The summed E-state index contributed by atoms with van der Waals surface area (Å²) in [5, 5.41) is 16.3. The van der Waals surface area contributed by atoms with Crippen molar-refractivity contribution in [2.75, 3.05) is 13.2 Å². The minimum Gasteiger partial charge on any atom is -0.392 e. The van der Waals surface area contributed by atoms with Crippen molar-refractivity contribution in [2.45, 2.75) is 38.5 Å². The van der Waals surface area contributed by atoms with E-state index in [4.69, 9.17) is 9.26 Å². The topological polar surface area (TPSA) is 80.4 Å². The Morgan fingerprint density at radius 1 is 1.62 bits per heavy atom. The Balaban J connectivity index is 1.87. The maximum Gasteiger partial charge on any atom is 0.243 e. The molecular weight excluding hydrogens is 210 g/mol. The fourth-order valence-corrected chi connectivity index (χ4v) is 1.68. The molecule has 0 aromatic carbocycles. The third-order valence-corrected chi connectivity index (χ3v) is 2.47. The van der Waals surface area contributed by atoms with E-state index in [0.717, 1.165) is 6.42 Å². The lowest BCUT2D eigenvalue weighted by Gasteiger charge is -2.01. The Bertz CT molecular complexity index is 329. The first kappa shape index (κ1) is 11.5. The molecule has 2 atom stereocenters. The van der Waals surface area contributed by atoms with Gasteiger partial charge < -0.3 is 19.7 Å². The summed E-state index contributed by atoms with van der Waals surface area (Å²) in [7, 11) is 0. The molecule has 16 heavy (non-hydrogen) atoms. The summed E-state index contributed by atoms with van der Waals surface area (Å²) in [6.07, 6.45) is 1.27. The molecule has 0 spiro atoms. The third-order valence-electron chi connectivity index (χ3n) is 2.47. The molecule has 1 aliphatic heterocycles. The summed E-state index contributed by atoms with van der Waals surface area (Å²) >= 11 is 0. The van der Waals surface area contributed by atoms with Gasteiger partial charge in [0.05, 0.1) is 12.1 Å². The summed E-state index contributed by atoms with van der Waals surface area (Å²) in [5.74, 6) is 1.10. The summed E-state index contributed by atoms with van der Waals surface area (Å²) in [4.78, 5) is 4.22. The van der Waals surface area contributed by atoms with Gasteiger partial charge in [-0.1, -0.05) is 12.1 Å². The van der Waals surface area contributed by atoms with Gasteiger partial charge >= 0.3 is 0 Å². The molecule has 0 amide bonds. The monoisotopic (exact) mass is 227 g/mol. The third kappa shape index (κ3) is 2.78. The van der Waals surface area contributed by atoms with Gasteiger partial charge in [-0.25, -0.2) is 0 Å². The number of nitrogens with one attached hydrogen (secondary N) is 1. The van der Waals surface area contributed by atoms with Crippen LogP contribution in [-0.2, 0) is 11.3 Å². The van der Waals surface area contributed by atoms with Crippen molar-refractivity contribution >= 4 is 0 Å². The van der Waals surface area contributed by atoms with Crippen LogP contribution in [0, 0.1) is 0 Å². The number of rotatable bonds is 5. The fourth-order valence-electron chi connectivity index (χ4n) is 1.68. The van der Waals surface area contributed by atoms with Crippen LogP contribution in [0.25, 0.3) is 0 Å². The molecular formula is C10H17N3O3. The van der Waals surface area contributed by atoms with Gasteiger partial charge in [-0.2, -0.15) is 4.98 Å². The van der Waals surface area contributed by atoms with Crippen LogP contribution in [0.3, 0.4) is 0 Å². The maximum absolute atomic E-state index is 9.36. The van der Waals surface area contributed by atoms with Gasteiger partial charge in [-0.15, -0.1) is 0 Å². The molecule has 90 valence electrons. The fraction of sp³-hybridized carbons (Fsp3) is 0.800. The minimum absolute atomic E-state index is 0.0255. The van der Waals surface area contributed by atoms with Gasteiger partial charge in [0, 0.05) is 13.2 Å². The number of ether oxygens (including phenoxy) is 1. The Hall–Kier alpha value is -0.980. The van der Waals surface area contributed by atoms with Crippen molar-refractivity contribution in [1.82, 2.24) is 15.5 Å². The van der Waals surface area contributed by atoms with E-state index in [2.05, 4.69) is 15.5 Å². The second kappa shape index (κ2) is 5.38. The van der Waals surface area contributed by atoms with Crippen LogP contribution in [0.5, 0.6) is 0 Å². The van der Waals surface area contributed by atoms with Crippen molar-refractivity contribution in [1.29, 1.82) is 0 Å². The molecule has 2 heterocycles. The molecule has 1 aromatic rings. The van der Waals surface area contributed by atoms with Crippen LogP contribution in [0.4, 0.5) is 0 Å². The highest BCUT2D eigenvalue weighted by Crippen LogP contribution is 2.21. The van der Waals surface area contributed by atoms with Crippen LogP contribution in [-0.4, -0.2) is 34.5 Å². The standard InChI is InChI=1S/C10H17N3O3/c1-2-3-15-6-9-12-10(16-13-9)8-4-7(14)5-11-8/h7-8,11,14H,2-6H2,1H3. The van der Waals surface area contributed by atoms with E-state index in [9.17, 15) is 5.11 Å². The van der Waals surface area contributed by atoms with Gasteiger partial charge in [-0.05, 0) is 12.8 Å². The van der Waals surface area contributed by atoms with Gasteiger partial charge in [-0.3, -0.25) is 0 Å². The molecule has 2 N–H and O–H groups in total. The van der Waals surface area contributed by atoms with Crippen LogP contribution in [0.15, 0.2) is 4.52 Å². The number of nitrogens with zero attached hydrogens (tertiary/aromatic N) is 2. The van der Waals surface area contributed by atoms with E-state index in [1.165, 1.54) is 0 Å². The van der Waals surface area contributed by atoms with Crippen LogP contribution in [0.1, 0.15) is 37.5 Å². The Morgan fingerprint density at radius 2 is 2.50 bits per heavy atom. The van der Waals surface area contributed by atoms with E-state index < -0.39 is 0 Å². The largest absolute Gasteiger partial charge is 0.392 e. The number of hydrogen-bond acceptors (Lipinski definition) is 6. The van der Waals surface area contributed by atoms with Crippen LogP contribution in [0.2, 0.25) is 0 Å². The average Bonchev–Trinajstić information content (AvgIpc) is 2.87. The predicted molar refractivity (Wildman–Crippen MR) is 55.6 cm³/mol. The zero-order valence-corrected chi connectivity index (χ0v) is 9.35. The molecule has 0 bridgehead atoms. The Labute approximate surface area is 94.0 Å². The summed E-state index contributed by atoms with van der Waals surface area (Å²) in [6, 6.07) is -0.0255. The molecule has 2 rings (SSSR count). The highest BCUT2D eigenvalue weighted by atomic mass is 16.5. The van der Waals surface area contributed by atoms with E-state index in [1.807, 2.05) is 6.92 Å². The van der Waals surface area contributed by atoms with Gasteiger partial charge in [0.1, 0.15) is 6.61 Å². The number of aromatic nitrogens is 2. The van der Waals surface area contributed by atoms with E-state index >= 15 is 0 Å². The minimum atomic E-state index is -0.323. The number of aliphatic hydroxyl groups is 1. The van der Waals surface area contributed by atoms with Crippen molar-refractivity contribution in [3.63, 3.8) is 0 Å². The Kier molecular flexibility index (Phi) is 3.87. The van der Waals surface area contributed by atoms with Gasteiger partial charge in [0.2, 0.25) is 5.89 Å². The quantitative estimate of drug-likeness (QED) is 0.708. The molecule has 0 aliphatic carbocycles. The van der Waals surface area contributed by atoms with Crippen LogP contribution < -0.4 is 5.32 Å². The van der Waals surface area contributed by atoms with Crippen LogP contribution >= 0.6 is 0 Å². The molecule has 6 heteroatoms. The first-order chi connectivity index (χ1) is 7.79. The van der Waals surface area contributed by atoms with E-state index in [0.29, 0.717) is 37.9 Å². The molecule has 6 nitrogen and oxygen atoms in total. The van der Waals surface area contributed by atoms with E-state index in [1.54, 1.807) is 0 Å². The van der Waals surface area contributed by atoms with Gasteiger partial charge in [0.15, 0.2) is 5.82 Å². The van der Waals surface area contributed by atoms with Crippen molar-refractivity contribution in [3.05, 3.63) is 11.7 Å². The average molecular weight is 227 g/mol. The molecule has 0 radical (unpaired) electrons. The lowest BCUT2D eigenvalue weighted by atomic mass is 10.2. The molecule has 1 saturated heterocycles. The second-order valence-electron chi connectivity index (χ2n) is 3.95. The predicted octanol–water partition coefficient (Wildman–Crippen LogP) is 0.392. The highest BCUT2D eigenvalue weighted by Gasteiger charge is 2.27. The lowest BCUT2D eigenvalue weighted by Crippen LogP contribution is -2.15. The number of β-amino-alcohol motifs (C(OH)–C–C–N with tert-alkyl or cyclic N) is 1. The Morgan fingerprint density at radius 3 is 3.19 bits per heavy atom. The maximum atomic E-state index is 9.36. The van der Waals surface area contributed by atoms with Crippen molar-refractivity contribution in [2.24, 2.45) is 0 Å². The lowest BCUT2D eigenvalue weighted by molar-refractivity contribution is 0.114. The van der Waals surface area contributed by atoms with Crippen molar-refractivity contribution in [3.8, 4) is 0 Å². The SMILES string of the molecule is CCCOCc1noc(C2CC(O)CN2)n1. The molecule has 1 fully saturated rings.